The van der Waals surface area contributed by atoms with Crippen molar-refractivity contribution in [3.8, 4) is 5.75 Å². The van der Waals surface area contributed by atoms with E-state index in [-0.39, 0.29) is 29.7 Å². The van der Waals surface area contributed by atoms with Gasteiger partial charge in [-0.05, 0) is 17.7 Å². The van der Waals surface area contributed by atoms with Crippen LogP contribution in [-0.2, 0) is 11.3 Å². The van der Waals surface area contributed by atoms with E-state index in [0.29, 0.717) is 32.7 Å². The average Bonchev–Trinajstić information content (AvgIpc) is 2.74. The van der Waals surface area contributed by atoms with E-state index in [0.717, 1.165) is 5.56 Å². The van der Waals surface area contributed by atoms with E-state index in [1.54, 1.807) is 29.0 Å². The van der Waals surface area contributed by atoms with Crippen molar-refractivity contribution in [2.24, 2.45) is 0 Å². The van der Waals surface area contributed by atoms with Gasteiger partial charge in [0.25, 0.3) is 5.91 Å². The topological polar surface area (TPSA) is 53.1 Å². The van der Waals surface area contributed by atoms with Crippen LogP contribution in [0.15, 0.2) is 54.6 Å². The van der Waals surface area contributed by atoms with Crippen molar-refractivity contribution >= 4 is 11.8 Å². The fourth-order valence-electron chi connectivity index (χ4n) is 3.38. The van der Waals surface area contributed by atoms with Crippen LogP contribution < -0.4 is 4.74 Å². The van der Waals surface area contributed by atoms with Crippen LogP contribution in [0.5, 0.6) is 5.75 Å². The highest BCUT2D eigenvalue weighted by molar-refractivity contribution is 5.97. The lowest BCUT2D eigenvalue weighted by Gasteiger charge is -2.35. The lowest BCUT2D eigenvalue weighted by atomic mass is 10.1. The van der Waals surface area contributed by atoms with Gasteiger partial charge in [0.05, 0.1) is 12.1 Å². The zero-order valence-electron chi connectivity index (χ0n) is 16.8. The normalized spacial score (nSPS) is 14.6. The Bertz CT molecular complexity index is 856. The summed E-state index contributed by atoms with van der Waals surface area (Å²) in [4.78, 5) is 30.5. The average molecular weight is 417 g/mol. The summed E-state index contributed by atoms with van der Waals surface area (Å²) >= 11 is 0. The molecular formula is C22H25F2N3O3. The highest BCUT2D eigenvalue weighted by Crippen LogP contribution is 2.22. The molecule has 160 valence electrons. The molecule has 0 spiro atoms. The highest BCUT2D eigenvalue weighted by atomic mass is 19.3. The number of para-hydroxylation sites is 1. The minimum absolute atomic E-state index is 0.00862. The van der Waals surface area contributed by atoms with E-state index >= 15 is 0 Å². The Morgan fingerprint density at radius 2 is 1.63 bits per heavy atom. The lowest BCUT2D eigenvalue weighted by Crippen LogP contribution is -2.51. The van der Waals surface area contributed by atoms with Crippen molar-refractivity contribution in [1.82, 2.24) is 14.7 Å². The third-order valence-electron chi connectivity index (χ3n) is 5.04. The number of hydrogen-bond donors (Lipinski definition) is 0. The molecule has 3 rings (SSSR count). The first kappa shape index (κ1) is 21.7. The number of ether oxygens (including phenoxy) is 1. The van der Waals surface area contributed by atoms with Crippen LogP contribution in [0.2, 0.25) is 0 Å². The fraction of sp³-hybridized carbons (Fsp3) is 0.364. The first-order chi connectivity index (χ1) is 14.4. The van der Waals surface area contributed by atoms with Gasteiger partial charge in [0.1, 0.15) is 5.75 Å². The molecule has 1 saturated heterocycles. The van der Waals surface area contributed by atoms with Crippen molar-refractivity contribution in [3.63, 3.8) is 0 Å². The van der Waals surface area contributed by atoms with E-state index in [1.165, 1.54) is 12.1 Å². The molecule has 1 fully saturated rings. The van der Waals surface area contributed by atoms with Gasteiger partial charge in [0, 0.05) is 39.8 Å². The summed E-state index contributed by atoms with van der Waals surface area (Å²) in [6.07, 6.45) is 0. The molecule has 0 atom stereocenters. The summed E-state index contributed by atoms with van der Waals surface area (Å²) in [5.74, 6) is -0.467. The molecule has 1 aliphatic heterocycles. The second kappa shape index (κ2) is 10.2. The van der Waals surface area contributed by atoms with Gasteiger partial charge in [-0.2, -0.15) is 8.78 Å². The minimum atomic E-state index is -2.99. The molecule has 30 heavy (non-hydrogen) atoms. The minimum Gasteiger partial charge on any atom is -0.434 e. The number of carbonyl (C=O) groups is 2. The molecule has 6 nitrogen and oxygen atoms in total. The smallest absolute Gasteiger partial charge is 0.387 e. The molecule has 0 radical (unpaired) electrons. The summed E-state index contributed by atoms with van der Waals surface area (Å²) < 4.78 is 29.6. The van der Waals surface area contributed by atoms with Gasteiger partial charge >= 0.3 is 6.61 Å². The highest BCUT2D eigenvalue weighted by Gasteiger charge is 2.26. The number of rotatable bonds is 7. The van der Waals surface area contributed by atoms with Gasteiger partial charge < -0.3 is 14.5 Å². The number of hydrogen-bond acceptors (Lipinski definition) is 4. The van der Waals surface area contributed by atoms with Crippen LogP contribution in [-0.4, -0.2) is 72.9 Å². The van der Waals surface area contributed by atoms with Crippen molar-refractivity contribution < 1.29 is 23.1 Å². The molecule has 0 aromatic heterocycles. The molecule has 0 unspecified atom stereocenters. The molecular weight excluding hydrogens is 392 g/mol. The molecule has 1 heterocycles. The van der Waals surface area contributed by atoms with Gasteiger partial charge in [-0.25, -0.2) is 0 Å². The summed E-state index contributed by atoms with van der Waals surface area (Å²) in [6.45, 7) is -0.275. The third kappa shape index (κ3) is 5.76. The summed E-state index contributed by atoms with van der Waals surface area (Å²) in [5, 5.41) is 0. The maximum absolute atomic E-state index is 12.7. The molecule has 0 bridgehead atoms. The van der Waals surface area contributed by atoms with E-state index < -0.39 is 6.61 Å². The van der Waals surface area contributed by atoms with Gasteiger partial charge in [-0.3, -0.25) is 14.5 Å². The second-order valence-corrected chi connectivity index (χ2v) is 7.18. The van der Waals surface area contributed by atoms with Crippen LogP contribution in [0.3, 0.4) is 0 Å². The first-order valence-electron chi connectivity index (χ1n) is 9.77. The van der Waals surface area contributed by atoms with Crippen LogP contribution >= 0.6 is 0 Å². The molecule has 1 aliphatic rings. The Kier molecular flexibility index (Phi) is 7.35. The SMILES string of the molecule is CN(Cc1ccccc1)C(=O)CN1CCN(C(=O)c2ccccc2OC(F)F)CC1. The van der Waals surface area contributed by atoms with Gasteiger partial charge in [-0.15, -0.1) is 0 Å². The fourth-order valence-corrected chi connectivity index (χ4v) is 3.38. The Morgan fingerprint density at radius 3 is 2.30 bits per heavy atom. The van der Waals surface area contributed by atoms with Crippen molar-refractivity contribution in [1.29, 1.82) is 0 Å². The standard InChI is InChI=1S/C22H25F2N3O3/c1-25(15-17-7-3-2-4-8-17)20(28)16-26-11-13-27(14-12-26)21(29)18-9-5-6-10-19(18)30-22(23)24/h2-10,22H,11-16H2,1H3. The number of amides is 2. The number of alkyl halides is 2. The van der Waals surface area contributed by atoms with Crippen molar-refractivity contribution in [2.45, 2.75) is 13.2 Å². The van der Waals surface area contributed by atoms with Crippen LogP contribution in [0.1, 0.15) is 15.9 Å². The second-order valence-electron chi connectivity index (χ2n) is 7.18. The quantitative estimate of drug-likeness (QED) is 0.695. The lowest BCUT2D eigenvalue weighted by molar-refractivity contribution is -0.132. The number of halogens is 2. The summed E-state index contributed by atoms with van der Waals surface area (Å²) in [6, 6.07) is 15.8. The number of piperazine rings is 1. The van der Waals surface area contributed by atoms with Gasteiger partial charge in [0.2, 0.25) is 5.91 Å². The number of carbonyl (C=O) groups excluding carboxylic acids is 2. The Labute approximate surface area is 174 Å². The number of nitrogens with zero attached hydrogens (tertiary/aromatic N) is 3. The Hall–Kier alpha value is -3.00. The molecule has 0 aliphatic carbocycles. The zero-order chi connectivity index (χ0) is 21.5. The van der Waals surface area contributed by atoms with Crippen LogP contribution in [0.25, 0.3) is 0 Å². The van der Waals surface area contributed by atoms with Crippen LogP contribution in [0.4, 0.5) is 8.78 Å². The number of likely N-dealkylation sites (N-methyl/N-ethyl adjacent to an activating group) is 1. The van der Waals surface area contributed by atoms with Crippen LogP contribution in [0, 0.1) is 0 Å². The predicted octanol–water partition coefficient (Wildman–Crippen LogP) is 2.70. The Morgan fingerprint density at radius 1 is 1.00 bits per heavy atom. The zero-order valence-corrected chi connectivity index (χ0v) is 16.8. The molecule has 8 heteroatoms. The summed E-state index contributed by atoms with van der Waals surface area (Å²) in [5.41, 5.74) is 1.18. The molecule has 2 aromatic rings. The van der Waals surface area contributed by atoms with Gasteiger partial charge in [-0.1, -0.05) is 42.5 Å². The molecule has 0 saturated carbocycles. The predicted molar refractivity (Wildman–Crippen MR) is 108 cm³/mol. The van der Waals surface area contributed by atoms with Crippen molar-refractivity contribution in [2.75, 3.05) is 39.8 Å². The van der Waals surface area contributed by atoms with E-state index in [2.05, 4.69) is 4.74 Å². The molecule has 2 aromatic carbocycles. The maximum atomic E-state index is 12.7. The third-order valence-corrected chi connectivity index (χ3v) is 5.04. The van der Waals surface area contributed by atoms with Crippen molar-refractivity contribution in [3.05, 3.63) is 65.7 Å². The first-order valence-corrected chi connectivity index (χ1v) is 9.77. The molecule has 0 N–H and O–H groups in total. The van der Waals surface area contributed by atoms with E-state index in [9.17, 15) is 18.4 Å². The Balaban J connectivity index is 1.51. The number of benzene rings is 2. The van der Waals surface area contributed by atoms with E-state index in [4.69, 9.17) is 0 Å². The summed E-state index contributed by atoms with van der Waals surface area (Å²) in [7, 11) is 1.77. The monoisotopic (exact) mass is 417 g/mol. The van der Waals surface area contributed by atoms with E-state index in [1.807, 2.05) is 35.2 Å². The maximum Gasteiger partial charge on any atom is 0.387 e. The van der Waals surface area contributed by atoms with Gasteiger partial charge in [0.15, 0.2) is 0 Å². The molecule has 2 amide bonds. The largest absolute Gasteiger partial charge is 0.434 e.